The van der Waals surface area contributed by atoms with Gasteiger partial charge in [0.15, 0.2) is 11.9 Å². The second kappa shape index (κ2) is 10.7. The van der Waals surface area contributed by atoms with Crippen molar-refractivity contribution in [3.63, 3.8) is 0 Å². The lowest BCUT2D eigenvalue weighted by Gasteiger charge is -2.35. The first-order valence-electron chi connectivity index (χ1n) is 12.4. The van der Waals surface area contributed by atoms with Crippen molar-refractivity contribution in [2.24, 2.45) is 0 Å². The van der Waals surface area contributed by atoms with Gasteiger partial charge in [0.25, 0.3) is 0 Å². The van der Waals surface area contributed by atoms with E-state index in [1.54, 1.807) is 6.92 Å². The molecule has 36 heavy (non-hydrogen) atoms. The third-order valence-corrected chi connectivity index (χ3v) is 6.87. The maximum Gasteiger partial charge on any atom is 0.153 e. The van der Waals surface area contributed by atoms with Crippen LogP contribution in [0.5, 0.6) is 5.75 Å². The van der Waals surface area contributed by atoms with E-state index in [4.69, 9.17) is 21.3 Å². The molecule has 0 aliphatic carbocycles. The molecule has 2 heterocycles. The van der Waals surface area contributed by atoms with Crippen LogP contribution < -0.4 is 9.64 Å². The predicted molar refractivity (Wildman–Crippen MR) is 145 cm³/mol. The summed E-state index contributed by atoms with van der Waals surface area (Å²) in [5.74, 6) is 1.92. The number of fused-ring (bicyclic) bond motifs is 1. The van der Waals surface area contributed by atoms with Gasteiger partial charge in [-0.15, -0.1) is 0 Å². The van der Waals surface area contributed by atoms with Crippen molar-refractivity contribution < 1.29 is 9.53 Å². The van der Waals surface area contributed by atoms with E-state index < -0.39 is 0 Å². The van der Waals surface area contributed by atoms with Gasteiger partial charge in [-0.25, -0.2) is 4.98 Å². The smallest absolute Gasteiger partial charge is 0.153 e. The molecule has 0 saturated carbocycles. The Morgan fingerprint density at radius 1 is 1.00 bits per heavy atom. The SMILES string of the molecule is CC(=O)CN1CCN(c2ccc3nc(C(C)Oc4ccccc4)n(Cc4ccc(Cl)cc4)c3c2)CC1. The average molecular weight is 503 g/mol. The number of Topliss-reactive ketones (excluding diaryl/α,β-unsaturated/α-hetero) is 1. The summed E-state index contributed by atoms with van der Waals surface area (Å²) in [5.41, 5.74) is 4.34. The van der Waals surface area contributed by atoms with Crippen molar-refractivity contribution in [3.8, 4) is 5.75 Å². The van der Waals surface area contributed by atoms with Crippen molar-refractivity contribution in [2.45, 2.75) is 26.5 Å². The number of piperazine rings is 1. The Balaban J connectivity index is 1.47. The van der Waals surface area contributed by atoms with E-state index in [0.717, 1.165) is 59.4 Å². The number of aromatic nitrogens is 2. The Kier molecular flexibility index (Phi) is 7.25. The molecule has 3 aromatic carbocycles. The minimum Gasteiger partial charge on any atom is -0.483 e. The van der Waals surface area contributed by atoms with E-state index in [2.05, 4.69) is 44.7 Å². The summed E-state index contributed by atoms with van der Waals surface area (Å²) in [6, 6.07) is 24.3. The number of ether oxygens (including phenoxy) is 1. The van der Waals surface area contributed by atoms with Crippen LogP contribution in [-0.4, -0.2) is 53.0 Å². The molecule has 7 heteroatoms. The van der Waals surface area contributed by atoms with Crippen molar-refractivity contribution in [2.75, 3.05) is 37.6 Å². The number of hydrogen-bond donors (Lipinski definition) is 0. The second-order valence-corrected chi connectivity index (χ2v) is 9.83. The zero-order valence-electron chi connectivity index (χ0n) is 20.7. The van der Waals surface area contributed by atoms with Gasteiger partial charge in [0.1, 0.15) is 11.5 Å². The summed E-state index contributed by atoms with van der Waals surface area (Å²) >= 11 is 6.14. The Morgan fingerprint density at radius 2 is 1.72 bits per heavy atom. The molecule has 5 rings (SSSR count). The summed E-state index contributed by atoms with van der Waals surface area (Å²) in [7, 11) is 0. The Morgan fingerprint density at radius 3 is 2.42 bits per heavy atom. The van der Waals surface area contributed by atoms with Crippen LogP contribution in [0, 0.1) is 0 Å². The minimum absolute atomic E-state index is 0.218. The number of carbonyl (C=O) groups excluding carboxylic acids is 1. The number of ketones is 1. The van der Waals surface area contributed by atoms with E-state index in [-0.39, 0.29) is 11.9 Å². The van der Waals surface area contributed by atoms with Gasteiger partial charge in [0.05, 0.1) is 17.6 Å². The zero-order valence-corrected chi connectivity index (χ0v) is 21.5. The molecule has 1 atom stereocenters. The average Bonchev–Trinajstić information content (AvgIpc) is 3.24. The number of imidazole rings is 1. The van der Waals surface area contributed by atoms with Crippen molar-refractivity contribution in [3.05, 3.63) is 89.2 Å². The summed E-state index contributed by atoms with van der Waals surface area (Å²) in [6.45, 7) is 8.45. The van der Waals surface area contributed by atoms with Crippen molar-refractivity contribution in [1.82, 2.24) is 14.5 Å². The Labute approximate surface area is 217 Å². The highest BCUT2D eigenvalue weighted by atomic mass is 35.5. The number of carbonyl (C=O) groups is 1. The van der Waals surface area contributed by atoms with Gasteiger partial charge >= 0.3 is 0 Å². The molecule has 0 N–H and O–H groups in total. The highest BCUT2D eigenvalue weighted by molar-refractivity contribution is 6.30. The molecule has 1 aromatic heterocycles. The van der Waals surface area contributed by atoms with Crippen molar-refractivity contribution >= 4 is 34.1 Å². The quantitative estimate of drug-likeness (QED) is 0.314. The van der Waals surface area contributed by atoms with Crippen LogP contribution in [0.4, 0.5) is 5.69 Å². The number of halogens is 1. The fourth-order valence-corrected chi connectivity index (χ4v) is 4.94. The van der Waals surface area contributed by atoms with Gasteiger partial charge in [-0.05, 0) is 61.9 Å². The molecule has 0 spiro atoms. The molecule has 0 amide bonds. The lowest BCUT2D eigenvalue weighted by atomic mass is 10.2. The maximum absolute atomic E-state index is 11.5. The first-order valence-corrected chi connectivity index (χ1v) is 12.8. The fourth-order valence-electron chi connectivity index (χ4n) is 4.81. The molecular formula is C29H31ClN4O2. The number of rotatable bonds is 8. The van der Waals surface area contributed by atoms with Gasteiger partial charge in [-0.3, -0.25) is 9.69 Å². The number of para-hydroxylation sites is 1. The molecule has 0 bridgehead atoms. The number of anilines is 1. The molecule has 1 unspecified atom stereocenters. The highest BCUT2D eigenvalue weighted by Crippen LogP contribution is 2.29. The van der Waals surface area contributed by atoms with E-state index in [1.807, 2.05) is 49.4 Å². The molecule has 186 valence electrons. The summed E-state index contributed by atoms with van der Waals surface area (Å²) in [4.78, 5) is 21.1. The van der Waals surface area contributed by atoms with E-state index in [0.29, 0.717) is 13.1 Å². The molecule has 6 nitrogen and oxygen atoms in total. The van der Waals surface area contributed by atoms with Crippen LogP contribution in [0.3, 0.4) is 0 Å². The Hall–Kier alpha value is -3.35. The summed E-state index contributed by atoms with van der Waals surface area (Å²) < 4.78 is 8.52. The van der Waals surface area contributed by atoms with Crippen LogP contribution in [0.1, 0.15) is 31.3 Å². The van der Waals surface area contributed by atoms with Crippen LogP contribution in [-0.2, 0) is 11.3 Å². The predicted octanol–water partition coefficient (Wildman–Crippen LogP) is 5.59. The highest BCUT2D eigenvalue weighted by Gasteiger charge is 2.22. The van der Waals surface area contributed by atoms with Gasteiger partial charge in [-0.2, -0.15) is 0 Å². The normalized spacial score (nSPS) is 15.2. The third kappa shape index (κ3) is 5.55. The second-order valence-electron chi connectivity index (χ2n) is 9.39. The lowest BCUT2D eigenvalue weighted by Crippen LogP contribution is -2.47. The van der Waals surface area contributed by atoms with Gasteiger partial charge in [0, 0.05) is 43.4 Å². The molecule has 1 aliphatic heterocycles. The Bertz CT molecular complexity index is 1330. The van der Waals surface area contributed by atoms with Crippen LogP contribution in [0.2, 0.25) is 5.02 Å². The maximum atomic E-state index is 11.5. The molecular weight excluding hydrogens is 472 g/mol. The third-order valence-electron chi connectivity index (χ3n) is 6.62. The van der Waals surface area contributed by atoms with Gasteiger partial charge < -0.3 is 14.2 Å². The van der Waals surface area contributed by atoms with Crippen molar-refractivity contribution in [1.29, 1.82) is 0 Å². The molecule has 1 aliphatic rings. The van der Waals surface area contributed by atoms with E-state index in [1.165, 1.54) is 5.69 Å². The van der Waals surface area contributed by atoms with Crippen LogP contribution >= 0.6 is 11.6 Å². The summed E-state index contributed by atoms with van der Waals surface area (Å²) in [6.07, 6.45) is -0.231. The lowest BCUT2D eigenvalue weighted by molar-refractivity contribution is -0.118. The zero-order chi connectivity index (χ0) is 25.1. The first kappa shape index (κ1) is 24.3. The van der Waals surface area contributed by atoms with Gasteiger partial charge in [0.2, 0.25) is 0 Å². The van der Waals surface area contributed by atoms with Gasteiger partial charge in [-0.1, -0.05) is 41.9 Å². The largest absolute Gasteiger partial charge is 0.483 e. The molecule has 1 fully saturated rings. The first-order chi connectivity index (χ1) is 17.5. The number of benzene rings is 3. The topological polar surface area (TPSA) is 50.6 Å². The standard InChI is InChI=1S/C29H31ClN4O2/c1-21(35)19-32-14-16-33(17-15-32)25-12-13-27-28(18-25)34(20-23-8-10-24(30)11-9-23)29(31-27)22(2)36-26-6-4-3-5-7-26/h3-13,18,22H,14-17,19-20H2,1-2H3. The number of nitrogens with zero attached hydrogens (tertiary/aromatic N) is 4. The molecule has 0 radical (unpaired) electrons. The molecule has 4 aromatic rings. The fraction of sp³-hybridized carbons (Fsp3) is 0.310. The van der Waals surface area contributed by atoms with Crippen LogP contribution in [0.25, 0.3) is 11.0 Å². The summed E-state index contributed by atoms with van der Waals surface area (Å²) in [5, 5.41) is 0.724. The van der Waals surface area contributed by atoms with E-state index >= 15 is 0 Å². The molecule has 1 saturated heterocycles. The van der Waals surface area contributed by atoms with Crippen LogP contribution in [0.15, 0.2) is 72.8 Å². The minimum atomic E-state index is -0.231. The number of hydrogen-bond acceptors (Lipinski definition) is 5. The van der Waals surface area contributed by atoms with E-state index in [9.17, 15) is 4.79 Å². The monoisotopic (exact) mass is 502 g/mol.